The van der Waals surface area contributed by atoms with Gasteiger partial charge in [0.1, 0.15) is 5.82 Å². The number of amides is 2. The van der Waals surface area contributed by atoms with E-state index in [1.807, 2.05) is 0 Å². The normalized spacial score (nSPS) is 12.7. The van der Waals surface area contributed by atoms with Crippen molar-refractivity contribution in [2.45, 2.75) is 13.8 Å². The van der Waals surface area contributed by atoms with E-state index in [1.165, 1.54) is 6.07 Å². The lowest BCUT2D eigenvalue weighted by molar-refractivity contribution is 0.0526. The van der Waals surface area contributed by atoms with E-state index >= 15 is 0 Å². The Morgan fingerprint density at radius 2 is 1.92 bits per heavy atom. The van der Waals surface area contributed by atoms with Gasteiger partial charge in [0.2, 0.25) is 0 Å². The van der Waals surface area contributed by atoms with Gasteiger partial charge < -0.3 is 10.5 Å². The Bertz CT molecular complexity index is 991. The zero-order chi connectivity index (χ0) is 18.3. The number of imide groups is 1. The predicted molar refractivity (Wildman–Crippen MR) is 88.9 cm³/mol. The molecular weight excluding hydrogens is 326 g/mol. The maximum absolute atomic E-state index is 12.5. The highest BCUT2D eigenvalue weighted by Gasteiger charge is 2.32. The molecule has 1 aromatic heterocycles. The predicted octanol–water partition coefficient (Wildman–Crippen LogP) is 0.788. The van der Waals surface area contributed by atoms with Crippen LogP contribution in [0.4, 0.5) is 5.82 Å². The highest BCUT2D eigenvalue weighted by atomic mass is 16.5. The van der Waals surface area contributed by atoms with Gasteiger partial charge in [-0.3, -0.25) is 24.3 Å². The Balaban J connectivity index is 2.25. The molecule has 1 aromatic carbocycles. The van der Waals surface area contributed by atoms with Crippen molar-refractivity contribution in [3.05, 3.63) is 56.9 Å². The quantitative estimate of drug-likeness (QED) is 0.629. The van der Waals surface area contributed by atoms with Crippen LogP contribution in [0.2, 0.25) is 0 Å². The first-order chi connectivity index (χ1) is 11.8. The topological polar surface area (TPSA) is 120 Å². The van der Waals surface area contributed by atoms with Gasteiger partial charge in [-0.05, 0) is 31.5 Å². The second kappa shape index (κ2) is 5.90. The minimum absolute atomic E-state index is 0.0504. The molecule has 0 bridgehead atoms. The number of rotatable bonds is 3. The largest absolute Gasteiger partial charge is 0.462 e. The van der Waals surface area contributed by atoms with Crippen LogP contribution in [0.1, 0.15) is 43.6 Å². The fraction of sp³-hybridized carbons (Fsp3) is 0.176. The number of nitrogens with zero attached hydrogens (tertiary/aromatic N) is 1. The van der Waals surface area contributed by atoms with Gasteiger partial charge in [0.05, 0.1) is 29.0 Å². The van der Waals surface area contributed by atoms with Crippen molar-refractivity contribution in [3.63, 3.8) is 0 Å². The van der Waals surface area contributed by atoms with Crippen molar-refractivity contribution in [1.82, 2.24) is 9.88 Å². The van der Waals surface area contributed by atoms with Gasteiger partial charge in [0.15, 0.2) is 0 Å². The van der Waals surface area contributed by atoms with E-state index in [4.69, 9.17) is 10.5 Å². The van der Waals surface area contributed by atoms with Crippen LogP contribution in [0.25, 0.3) is 5.69 Å². The molecule has 0 spiro atoms. The van der Waals surface area contributed by atoms with Gasteiger partial charge in [0.25, 0.3) is 17.4 Å². The van der Waals surface area contributed by atoms with Gasteiger partial charge in [-0.25, -0.2) is 4.79 Å². The van der Waals surface area contributed by atoms with E-state index in [-0.39, 0.29) is 29.1 Å². The Labute approximate surface area is 142 Å². The molecule has 3 N–H and O–H groups in total. The molecule has 25 heavy (non-hydrogen) atoms. The van der Waals surface area contributed by atoms with Crippen LogP contribution in [0.15, 0.2) is 29.1 Å². The number of pyridine rings is 1. The van der Waals surface area contributed by atoms with Gasteiger partial charge in [-0.1, -0.05) is 6.07 Å². The SMILES string of the molecule is CCOC(=O)c1ccc(C)c(-n2c(N)c3c(cc2=O)C(=O)NC3=O)c1. The molecule has 0 unspecified atom stereocenters. The molecule has 128 valence electrons. The minimum Gasteiger partial charge on any atom is -0.462 e. The Hall–Kier alpha value is -3.42. The van der Waals surface area contributed by atoms with Crippen LogP contribution >= 0.6 is 0 Å². The van der Waals surface area contributed by atoms with E-state index < -0.39 is 23.3 Å². The summed E-state index contributed by atoms with van der Waals surface area (Å²) in [7, 11) is 0. The molecule has 2 heterocycles. The number of benzene rings is 1. The zero-order valence-electron chi connectivity index (χ0n) is 13.6. The number of carbonyl (C=O) groups excluding carboxylic acids is 3. The number of carbonyl (C=O) groups is 3. The number of nitrogen functional groups attached to an aromatic ring is 1. The van der Waals surface area contributed by atoms with Crippen LogP contribution in [0.5, 0.6) is 0 Å². The maximum atomic E-state index is 12.5. The summed E-state index contributed by atoms with van der Waals surface area (Å²) in [6.07, 6.45) is 0. The van der Waals surface area contributed by atoms with Crippen molar-refractivity contribution >= 4 is 23.6 Å². The standard InChI is InChI=1S/C17H15N3O5/c1-3-25-17(24)9-5-4-8(2)11(6-9)20-12(21)7-10-13(14(20)18)16(23)19-15(10)22/h4-7H,3,18H2,1-2H3,(H,19,22,23). The first-order valence-corrected chi connectivity index (χ1v) is 7.54. The summed E-state index contributed by atoms with van der Waals surface area (Å²) < 4.78 is 6.06. The molecule has 0 saturated carbocycles. The summed E-state index contributed by atoms with van der Waals surface area (Å²) in [4.78, 5) is 48.1. The summed E-state index contributed by atoms with van der Waals surface area (Å²) in [5, 5.41) is 2.11. The lowest BCUT2D eigenvalue weighted by Crippen LogP contribution is -2.25. The number of aromatic nitrogens is 1. The number of aryl methyl sites for hydroxylation is 1. The molecule has 2 aromatic rings. The second-order valence-electron chi connectivity index (χ2n) is 5.50. The fourth-order valence-corrected chi connectivity index (χ4v) is 2.72. The van der Waals surface area contributed by atoms with E-state index in [0.29, 0.717) is 11.3 Å². The van der Waals surface area contributed by atoms with Gasteiger partial charge in [0, 0.05) is 6.07 Å². The Morgan fingerprint density at radius 1 is 1.20 bits per heavy atom. The molecular formula is C17H15N3O5. The minimum atomic E-state index is -0.662. The van der Waals surface area contributed by atoms with Crippen LogP contribution in [-0.4, -0.2) is 29.0 Å². The van der Waals surface area contributed by atoms with Crippen LogP contribution < -0.4 is 16.6 Å². The first kappa shape index (κ1) is 16.4. The van der Waals surface area contributed by atoms with E-state index in [9.17, 15) is 19.2 Å². The van der Waals surface area contributed by atoms with Crippen LogP contribution in [0.3, 0.4) is 0 Å². The van der Waals surface area contributed by atoms with Gasteiger partial charge in [-0.15, -0.1) is 0 Å². The maximum Gasteiger partial charge on any atom is 0.338 e. The summed E-state index contributed by atoms with van der Waals surface area (Å²) in [5.74, 6) is -2.02. The lowest BCUT2D eigenvalue weighted by atomic mass is 10.1. The zero-order valence-corrected chi connectivity index (χ0v) is 13.6. The third-order valence-electron chi connectivity index (χ3n) is 3.91. The summed E-state index contributed by atoms with van der Waals surface area (Å²) in [6.45, 7) is 3.63. The summed E-state index contributed by atoms with van der Waals surface area (Å²) >= 11 is 0. The first-order valence-electron chi connectivity index (χ1n) is 7.54. The third kappa shape index (κ3) is 2.57. The number of fused-ring (bicyclic) bond motifs is 1. The lowest BCUT2D eigenvalue weighted by Gasteiger charge is -2.15. The van der Waals surface area contributed by atoms with Crippen LogP contribution in [-0.2, 0) is 4.74 Å². The molecule has 0 saturated heterocycles. The Morgan fingerprint density at radius 3 is 2.60 bits per heavy atom. The van der Waals surface area contributed by atoms with Crippen molar-refractivity contribution in [3.8, 4) is 5.69 Å². The molecule has 1 aliphatic rings. The van der Waals surface area contributed by atoms with E-state index in [2.05, 4.69) is 5.32 Å². The average molecular weight is 341 g/mol. The average Bonchev–Trinajstić information content (AvgIpc) is 2.83. The fourth-order valence-electron chi connectivity index (χ4n) is 2.72. The molecule has 8 nitrogen and oxygen atoms in total. The number of hydrogen-bond donors (Lipinski definition) is 2. The molecule has 3 rings (SSSR count). The second-order valence-corrected chi connectivity index (χ2v) is 5.50. The Kier molecular flexibility index (Phi) is 3.88. The number of hydrogen-bond acceptors (Lipinski definition) is 6. The molecule has 0 aliphatic carbocycles. The molecule has 0 atom stereocenters. The van der Waals surface area contributed by atoms with Crippen molar-refractivity contribution in [2.75, 3.05) is 12.3 Å². The molecule has 1 aliphatic heterocycles. The molecule has 0 fully saturated rings. The summed E-state index contributed by atoms with van der Waals surface area (Å²) in [6, 6.07) is 5.74. The van der Waals surface area contributed by atoms with Gasteiger partial charge >= 0.3 is 5.97 Å². The molecule has 0 radical (unpaired) electrons. The summed E-state index contributed by atoms with van der Waals surface area (Å²) in [5.41, 5.74) is 6.57. The number of anilines is 1. The number of ether oxygens (including phenoxy) is 1. The van der Waals surface area contributed by atoms with Crippen molar-refractivity contribution in [2.24, 2.45) is 0 Å². The third-order valence-corrected chi connectivity index (χ3v) is 3.91. The number of esters is 1. The van der Waals surface area contributed by atoms with E-state index in [0.717, 1.165) is 10.6 Å². The van der Waals surface area contributed by atoms with Gasteiger partial charge in [-0.2, -0.15) is 0 Å². The molecule has 2 amide bonds. The smallest absolute Gasteiger partial charge is 0.338 e. The van der Waals surface area contributed by atoms with Crippen molar-refractivity contribution < 1.29 is 19.1 Å². The number of nitrogens with two attached hydrogens (primary N) is 1. The highest BCUT2D eigenvalue weighted by molar-refractivity contribution is 6.23. The highest BCUT2D eigenvalue weighted by Crippen LogP contribution is 2.25. The number of nitrogens with one attached hydrogen (secondary N) is 1. The van der Waals surface area contributed by atoms with Crippen LogP contribution in [0, 0.1) is 6.92 Å². The molecule has 8 heteroatoms. The monoisotopic (exact) mass is 341 g/mol. The van der Waals surface area contributed by atoms with Crippen molar-refractivity contribution in [1.29, 1.82) is 0 Å². The van der Waals surface area contributed by atoms with E-state index in [1.54, 1.807) is 26.0 Å².